The molecule has 2 aliphatic rings. The zero-order chi connectivity index (χ0) is 32.4. The lowest BCUT2D eigenvalue weighted by molar-refractivity contribution is 0.647. The number of benzene rings is 8. The fourth-order valence-corrected chi connectivity index (χ4v) is 9.43. The third kappa shape index (κ3) is 3.50. The van der Waals surface area contributed by atoms with Gasteiger partial charge in [0.2, 0.25) is 0 Å². The number of rotatable bonds is 2. The standard InChI is InChI=1S/C48H36/c1-47(2)41-27-26-38-32-17-11-12-23-40(32)48(3,4)46(38)45(41)39-25-24-30(28-42(39)47)43-34-18-7-9-20-36(34)44(37-21-10-8-19-35(37)43)33-22-13-15-29-14-5-6-16-31(29)33/h5-28H,1-4H3. The Morgan fingerprint density at radius 1 is 0.333 bits per heavy atom. The van der Waals surface area contributed by atoms with Crippen molar-refractivity contribution in [2.45, 2.75) is 38.5 Å². The van der Waals surface area contributed by atoms with Crippen molar-refractivity contribution in [3.63, 3.8) is 0 Å². The maximum Gasteiger partial charge on any atom is 0.0165 e. The Hall–Kier alpha value is -5.46. The summed E-state index contributed by atoms with van der Waals surface area (Å²) in [5.41, 5.74) is 16.4. The van der Waals surface area contributed by atoms with Crippen LogP contribution in [0.2, 0.25) is 0 Å². The summed E-state index contributed by atoms with van der Waals surface area (Å²) in [6.07, 6.45) is 0. The molecule has 0 amide bonds. The summed E-state index contributed by atoms with van der Waals surface area (Å²) in [6.45, 7) is 9.66. The zero-order valence-corrected chi connectivity index (χ0v) is 27.9. The Balaban J connectivity index is 1.25. The van der Waals surface area contributed by atoms with Gasteiger partial charge in [0, 0.05) is 10.8 Å². The van der Waals surface area contributed by atoms with Crippen LogP contribution in [-0.2, 0) is 10.8 Å². The van der Waals surface area contributed by atoms with E-state index in [2.05, 4.69) is 173 Å². The van der Waals surface area contributed by atoms with Crippen molar-refractivity contribution in [1.82, 2.24) is 0 Å². The van der Waals surface area contributed by atoms with E-state index >= 15 is 0 Å². The molecule has 0 heterocycles. The van der Waals surface area contributed by atoms with Gasteiger partial charge in [-0.1, -0.05) is 167 Å². The molecule has 0 unspecified atom stereocenters. The van der Waals surface area contributed by atoms with Crippen molar-refractivity contribution in [2.75, 3.05) is 0 Å². The minimum atomic E-state index is -0.116. The average molecular weight is 613 g/mol. The minimum absolute atomic E-state index is 0.0581. The van der Waals surface area contributed by atoms with Gasteiger partial charge in [-0.2, -0.15) is 0 Å². The van der Waals surface area contributed by atoms with Gasteiger partial charge in [0.15, 0.2) is 0 Å². The van der Waals surface area contributed by atoms with E-state index in [0.717, 1.165) is 0 Å². The third-order valence-electron chi connectivity index (χ3n) is 11.6. The molecule has 0 bridgehead atoms. The second-order valence-electron chi connectivity index (χ2n) is 14.8. The maximum atomic E-state index is 2.52. The van der Waals surface area contributed by atoms with Crippen LogP contribution in [0.15, 0.2) is 146 Å². The predicted octanol–water partition coefficient (Wildman–Crippen LogP) is 13.1. The maximum absolute atomic E-state index is 2.52. The van der Waals surface area contributed by atoms with E-state index in [1.54, 1.807) is 0 Å². The van der Waals surface area contributed by atoms with Gasteiger partial charge >= 0.3 is 0 Å². The summed E-state index contributed by atoms with van der Waals surface area (Å²) >= 11 is 0. The number of fused-ring (bicyclic) bond motifs is 10. The van der Waals surface area contributed by atoms with Crippen LogP contribution in [0.4, 0.5) is 0 Å². The van der Waals surface area contributed by atoms with E-state index in [-0.39, 0.29) is 10.8 Å². The van der Waals surface area contributed by atoms with Crippen molar-refractivity contribution in [3.05, 3.63) is 168 Å². The van der Waals surface area contributed by atoms with E-state index in [1.165, 1.54) is 99.1 Å². The van der Waals surface area contributed by atoms with Crippen LogP contribution in [-0.4, -0.2) is 0 Å². The summed E-state index contributed by atoms with van der Waals surface area (Å²) < 4.78 is 0. The smallest absolute Gasteiger partial charge is 0.0165 e. The molecule has 0 N–H and O–H groups in total. The third-order valence-corrected chi connectivity index (χ3v) is 11.6. The lowest BCUT2D eigenvalue weighted by Gasteiger charge is -2.26. The van der Waals surface area contributed by atoms with E-state index in [0.29, 0.717) is 0 Å². The molecule has 0 aliphatic heterocycles. The average Bonchev–Trinajstić information content (AvgIpc) is 3.49. The molecule has 2 aliphatic carbocycles. The predicted molar refractivity (Wildman–Crippen MR) is 205 cm³/mol. The first-order chi connectivity index (χ1) is 23.4. The highest BCUT2D eigenvalue weighted by atomic mass is 14.5. The summed E-state index contributed by atoms with van der Waals surface area (Å²) in [4.78, 5) is 0. The summed E-state index contributed by atoms with van der Waals surface area (Å²) in [6, 6.07) is 54.7. The van der Waals surface area contributed by atoms with Gasteiger partial charge in [0.05, 0.1) is 0 Å². The van der Waals surface area contributed by atoms with Crippen LogP contribution in [0.1, 0.15) is 49.9 Å². The van der Waals surface area contributed by atoms with Crippen molar-refractivity contribution in [2.24, 2.45) is 0 Å². The second-order valence-corrected chi connectivity index (χ2v) is 14.8. The van der Waals surface area contributed by atoms with Gasteiger partial charge in [-0.05, 0) is 105 Å². The Labute approximate surface area is 282 Å². The van der Waals surface area contributed by atoms with Gasteiger partial charge in [0.25, 0.3) is 0 Å². The highest BCUT2D eigenvalue weighted by molar-refractivity contribution is 6.23. The van der Waals surface area contributed by atoms with Gasteiger partial charge in [-0.15, -0.1) is 0 Å². The number of hydrogen-bond donors (Lipinski definition) is 0. The van der Waals surface area contributed by atoms with E-state index in [4.69, 9.17) is 0 Å². The van der Waals surface area contributed by atoms with Crippen LogP contribution in [0.3, 0.4) is 0 Å². The molecule has 228 valence electrons. The molecular weight excluding hydrogens is 577 g/mol. The Morgan fingerprint density at radius 2 is 0.896 bits per heavy atom. The van der Waals surface area contributed by atoms with Crippen molar-refractivity contribution in [1.29, 1.82) is 0 Å². The van der Waals surface area contributed by atoms with Gasteiger partial charge in [-0.3, -0.25) is 0 Å². The SMILES string of the molecule is CC1(C)c2cc(-c3c4ccccc4c(-c4cccc5ccccc45)c4ccccc34)ccc2-c2c1ccc1c2C(C)(C)c2ccccc2-1. The molecule has 0 heteroatoms. The van der Waals surface area contributed by atoms with Crippen LogP contribution >= 0.6 is 0 Å². The fourth-order valence-electron chi connectivity index (χ4n) is 9.43. The molecule has 0 atom stereocenters. The second kappa shape index (κ2) is 9.55. The molecule has 0 radical (unpaired) electrons. The van der Waals surface area contributed by atoms with Crippen LogP contribution in [0.5, 0.6) is 0 Å². The highest BCUT2D eigenvalue weighted by Gasteiger charge is 2.44. The van der Waals surface area contributed by atoms with E-state index in [1.807, 2.05) is 0 Å². The topological polar surface area (TPSA) is 0 Å². The van der Waals surface area contributed by atoms with Crippen molar-refractivity contribution in [3.8, 4) is 44.5 Å². The van der Waals surface area contributed by atoms with Crippen molar-refractivity contribution < 1.29 is 0 Å². The van der Waals surface area contributed by atoms with Crippen LogP contribution < -0.4 is 0 Å². The molecular formula is C48H36. The fraction of sp³-hybridized carbons (Fsp3) is 0.125. The molecule has 0 aromatic heterocycles. The number of hydrogen-bond acceptors (Lipinski definition) is 0. The molecule has 10 rings (SSSR count). The Bertz CT molecular complexity index is 2600. The van der Waals surface area contributed by atoms with Gasteiger partial charge in [-0.25, -0.2) is 0 Å². The Morgan fingerprint density at radius 3 is 1.62 bits per heavy atom. The Kier molecular flexibility index (Phi) is 5.50. The molecule has 0 spiro atoms. The first-order valence-electron chi connectivity index (χ1n) is 17.2. The quantitative estimate of drug-likeness (QED) is 0.170. The monoisotopic (exact) mass is 612 g/mol. The summed E-state index contributed by atoms with van der Waals surface area (Å²) in [7, 11) is 0. The van der Waals surface area contributed by atoms with Gasteiger partial charge in [0.1, 0.15) is 0 Å². The lowest BCUT2D eigenvalue weighted by Crippen LogP contribution is -2.18. The molecule has 0 saturated heterocycles. The summed E-state index contributed by atoms with van der Waals surface area (Å²) in [5, 5.41) is 7.74. The molecule has 0 nitrogen and oxygen atoms in total. The van der Waals surface area contributed by atoms with Crippen LogP contribution in [0, 0.1) is 0 Å². The molecule has 0 saturated carbocycles. The first-order valence-corrected chi connectivity index (χ1v) is 17.2. The van der Waals surface area contributed by atoms with Crippen LogP contribution in [0.25, 0.3) is 76.8 Å². The van der Waals surface area contributed by atoms with E-state index in [9.17, 15) is 0 Å². The first kappa shape index (κ1) is 27.6. The molecule has 8 aromatic rings. The molecule has 0 fully saturated rings. The normalized spacial score (nSPS) is 15.0. The lowest BCUT2D eigenvalue weighted by atomic mass is 9.77. The van der Waals surface area contributed by atoms with Gasteiger partial charge < -0.3 is 0 Å². The summed E-state index contributed by atoms with van der Waals surface area (Å²) in [5.74, 6) is 0. The molecule has 48 heavy (non-hydrogen) atoms. The van der Waals surface area contributed by atoms with Crippen molar-refractivity contribution >= 4 is 32.3 Å². The largest absolute Gasteiger partial charge is 0.0619 e. The van der Waals surface area contributed by atoms with E-state index < -0.39 is 0 Å². The zero-order valence-electron chi connectivity index (χ0n) is 27.9. The minimum Gasteiger partial charge on any atom is -0.0619 e. The molecule has 8 aromatic carbocycles. The highest BCUT2D eigenvalue weighted by Crippen LogP contribution is 2.59.